The molecule has 2 saturated heterocycles. The lowest BCUT2D eigenvalue weighted by molar-refractivity contribution is -0.136. The van der Waals surface area contributed by atoms with Crippen LogP contribution in [0.3, 0.4) is 0 Å². The zero-order chi connectivity index (χ0) is 13.1. The molecule has 2 rings (SSSR count). The van der Waals surface area contributed by atoms with Gasteiger partial charge in [-0.2, -0.15) is 0 Å². The molecule has 0 aliphatic carbocycles. The fourth-order valence-corrected chi connectivity index (χ4v) is 2.38. The number of imide groups is 1. The second-order valence-corrected chi connectivity index (χ2v) is 4.91. The topological polar surface area (TPSA) is 60.9 Å². The smallest absolute Gasteiger partial charge is 0.327 e. The number of nitrogens with zero attached hydrogens (tertiary/aromatic N) is 3. The predicted molar refractivity (Wildman–Crippen MR) is 64.8 cm³/mol. The summed E-state index contributed by atoms with van der Waals surface area (Å²) < 4.78 is 0. The molecule has 2 heterocycles. The Bertz CT molecular complexity index is 362. The fourth-order valence-electron chi connectivity index (χ4n) is 2.38. The first-order chi connectivity index (χ1) is 8.59. The summed E-state index contributed by atoms with van der Waals surface area (Å²) in [7, 11) is 1.57. The van der Waals surface area contributed by atoms with Gasteiger partial charge in [-0.3, -0.25) is 14.5 Å². The maximum absolute atomic E-state index is 12.1. The summed E-state index contributed by atoms with van der Waals surface area (Å²) in [6.07, 6.45) is 4.31. The number of hydrogen-bond donors (Lipinski definition) is 0. The van der Waals surface area contributed by atoms with Crippen molar-refractivity contribution in [1.29, 1.82) is 0 Å². The van der Waals surface area contributed by atoms with Gasteiger partial charge in [0.05, 0.1) is 0 Å². The molecule has 0 spiro atoms. The van der Waals surface area contributed by atoms with Crippen LogP contribution in [-0.2, 0) is 9.59 Å². The van der Waals surface area contributed by atoms with Crippen LogP contribution < -0.4 is 0 Å². The van der Waals surface area contributed by atoms with Crippen molar-refractivity contribution in [2.45, 2.75) is 25.7 Å². The average molecular weight is 253 g/mol. The Morgan fingerprint density at radius 1 is 1.11 bits per heavy atom. The van der Waals surface area contributed by atoms with Gasteiger partial charge in [0.1, 0.15) is 13.1 Å². The summed E-state index contributed by atoms with van der Waals surface area (Å²) in [4.78, 5) is 39.5. The number of hydrogen-bond acceptors (Lipinski definition) is 3. The molecule has 0 radical (unpaired) electrons. The van der Waals surface area contributed by atoms with Crippen molar-refractivity contribution in [3.8, 4) is 0 Å². The number of carbonyl (C=O) groups excluding carboxylic acids is 3. The third kappa shape index (κ3) is 2.63. The zero-order valence-corrected chi connectivity index (χ0v) is 10.7. The Hall–Kier alpha value is -1.59. The van der Waals surface area contributed by atoms with E-state index in [4.69, 9.17) is 0 Å². The van der Waals surface area contributed by atoms with Gasteiger partial charge < -0.3 is 9.80 Å². The maximum atomic E-state index is 12.1. The monoisotopic (exact) mass is 253 g/mol. The van der Waals surface area contributed by atoms with Gasteiger partial charge in [-0.05, 0) is 12.8 Å². The molecule has 100 valence electrons. The summed E-state index contributed by atoms with van der Waals surface area (Å²) in [6.45, 7) is 1.45. The largest absolute Gasteiger partial charge is 0.341 e. The molecule has 2 aliphatic rings. The van der Waals surface area contributed by atoms with E-state index in [0.29, 0.717) is 0 Å². The minimum atomic E-state index is -0.372. The van der Waals surface area contributed by atoms with E-state index in [2.05, 4.69) is 0 Å². The Morgan fingerprint density at radius 2 is 1.72 bits per heavy atom. The third-order valence-corrected chi connectivity index (χ3v) is 3.48. The normalized spacial score (nSPS) is 21.5. The molecule has 0 aromatic carbocycles. The second-order valence-electron chi connectivity index (χ2n) is 4.91. The quantitative estimate of drug-likeness (QED) is 0.664. The summed E-state index contributed by atoms with van der Waals surface area (Å²) >= 11 is 0. The van der Waals surface area contributed by atoms with Crippen LogP contribution in [0.5, 0.6) is 0 Å². The Labute approximate surface area is 107 Å². The van der Waals surface area contributed by atoms with Crippen LogP contribution in [0.25, 0.3) is 0 Å². The molecule has 18 heavy (non-hydrogen) atoms. The number of rotatable bonds is 2. The molecule has 0 aromatic rings. The molecular weight excluding hydrogens is 234 g/mol. The van der Waals surface area contributed by atoms with Crippen molar-refractivity contribution in [2.24, 2.45) is 0 Å². The molecule has 0 aromatic heterocycles. The van der Waals surface area contributed by atoms with Gasteiger partial charge in [0.15, 0.2) is 0 Å². The van der Waals surface area contributed by atoms with Crippen molar-refractivity contribution in [1.82, 2.24) is 14.7 Å². The predicted octanol–water partition coefficient (Wildman–Crippen LogP) is 0.283. The summed E-state index contributed by atoms with van der Waals surface area (Å²) in [5.41, 5.74) is 0. The van der Waals surface area contributed by atoms with Crippen molar-refractivity contribution in [3.05, 3.63) is 0 Å². The number of carbonyl (C=O) groups is 3. The molecule has 2 fully saturated rings. The highest BCUT2D eigenvalue weighted by Gasteiger charge is 2.35. The van der Waals surface area contributed by atoms with Crippen LogP contribution in [0.1, 0.15) is 25.7 Å². The van der Waals surface area contributed by atoms with Crippen molar-refractivity contribution < 1.29 is 14.4 Å². The maximum Gasteiger partial charge on any atom is 0.327 e. The lowest BCUT2D eigenvalue weighted by Gasteiger charge is -2.22. The highest BCUT2D eigenvalue weighted by Crippen LogP contribution is 2.12. The fraction of sp³-hybridized carbons (Fsp3) is 0.750. The molecule has 6 heteroatoms. The zero-order valence-electron chi connectivity index (χ0n) is 10.7. The Balaban J connectivity index is 1.94. The van der Waals surface area contributed by atoms with Crippen molar-refractivity contribution in [2.75, 3.05) is 33.2 Å². The van der Waals surface area contributed by atoms with Crippen LogP contribution in [0, 0.1) is 0 Å². The van der Waals surface area contributed by atoms with Gasteiger partial charge in [0.25, 0.3) is 5.91 Å². The van der Waals surface area contributed by atoms with E-state index in [1.807, 2.05) is 0 Å². The first kappa shape index (κ1) is 12.9. The molecular formula is C12H19N3O3. The molecule has 6 nitrogen and oxygen atoms in total. The summed E-state index contributed by atoms with van der Waals surface area (Å²) in [5, 5.41) is 0. The van der Waals surface area contributed by atoms with Crippen LogP contribution >= 0.6 is 0 Å². The SMILES string of the molecule is CN1CC(=O)N(CC(=O)N2CCCCCC2)C1=O. The standard InChI is InChI=1S/C12H19N3O3/c1-13-8-11(17)15(12(13)18)9-10(16)14-6-4-2-3-5-7-14/h2-9H2,1H3. The van der Waals surface area contributed by atoms with E-state index in [1.54, 1.807) is 11.9 Å². The van der Waals surface area contributed by atoms with Crippen LogP contribution in [0.4, 0.5) is 4.79 Å². The average Bonchev–Trinajstić information content (AvgIpc) is 2.58. The lowest BCUT2D eigenvalue weighted by atomic mass is 10.2. The number of urea groups is 1. The first-order valence-corrected chi connectivity index (χ1v) is 6.43. The summed E-state index contributed by atoms with van der Waals surface area (Å²) in [5.74, 6) is -0.403. The molecule has 0 saturated carbocycles. The van der Waals surface area contributed by atoms with Crippen LogP contribution in [-0.4, -0.2) is 65.8 Å². The van der Waals surface area contributed by atoms with Crippen molar-refractivity contribution in [3.63, 3.8) is 0 Å². The van der Waals surface area contributed by atoms with E-state index in [9.17, 15) is 14.4 Å². The Kier molecular flexibility index (Phi) is 3.84. The van der Waals surface area contributed by atoms with E-state index in [1.165, 1.54) is 4.90 Å². The molecule has 0 atom stereocenters. The number of likely N-dealkylation sites (N-methyl/N-ethyl adjacent to an activating group) is 1. The van der Waals surface area contributed by atoms with Crippen molar-refractivity contribution >= 4 is 17.8 Å². The van der Waals surface area contributed by atoms with Gasteiger partial charge in [-0.1, -0.05) is 12.8 Å². The van der Waals surface area contributed by atoms with E-state index >= 15 is 0 Å². The second kappa shape index (κ2) is 5.37. The highest BCUT2D eigenvalue weighted by atomic mass is 16.2. The van der Waals surface area contributed by atoms with E-state index in [-0.39, 0.29) is 30.9 Å². The first-order valence-electron chi connectivity index (χ1n) is 6.43. The molecule has 0 unspecified atom stereocenters. The summed E-state index contributed by atoms with van der Waals surface area (Å²) in [6, 6.07) is -0.372. The third-order valence-electron chi connectivity index (χ3n) is 3.48. The molecule has 0 N–H and O–H groups in total. The molecule has 0 bridgehead atoms. The van der Waals surface area contributed by atoms with Gasteiger partial charge in [0, 0.05) is 20.1 Å². The highest BCUT2D eigenvalue weighted by molar-refractivity contribution is 6.04. The molecule has 2 aliphatic heterocycles. The van der Waals surface area contributed by atoms with Gasteiger partial charge >= 0.3 is 6.03 Å². The molecule has 4 amide bonds. The van der Waals surface area contributed by atoms with Crippen LogP contribution in [0.15, 0.2) is 0 Å². The van der Waals surface area contributed by atoms with E-state index in [0.717, 1.165) is 43.7 Å². The number of likely N-dealkylation sites (tertiary alicyclic amines) is 1. The lowest BCUT2D eigenvalue weighted by Crippen LogP contribution is -2.43. The van der Waals surface area contributed by atoms with E-state index < -0.39 is 0 Å². The minimum absolute atomic E-state index is 0.0755. The van der Waals surface area contributed by atoms with Gasteiger partial charge in [-0.15, -0.1) is 0 Å². The van der Waals surface area contributed by atoms with Gasteiger partial charge in [0.2, 0.25) is 5.91 Å². The van der Waals surface area contributed by atoms with Gasteiger partial charge in [-0.25, -0.2) is 4.79 Å². The number of amides is 4. The van der Waals surface area contributed by atoms with Crippen LogP contribution in [0.2, 0.25) is 0 Å². The Morgan fingerprint density at radius 3 is 2.22 bits per heavy atom. The minimum Gasteiger partial charge on any atom is -0.341 e.